The molecule has 1 heterocycles. The van der Waals surface area contributed by atoms with Gasteiger partial charge >= 0.3 is 0 Å². The summed E-state index contributed by atoms with van der Waals surface area (Å²) in [4.78, 5) is 2.54. The summed E-state index contributed by atoms with van der Waals surface area (Å²) in [6, 6.07) is 0.685. The van der Waals surface area contributed by atoms with Crippen molar-refractivity contribution in [3.8, 4) is 0 Å². The first-order valence-corrected chi connectivity index (χ1v) is 6.38. The zero-order valence-corrected chi connectivity index (χ0v) is 11.5. The van der Waals surface area contributed by atoms with Crippen LogP contribution in [0, 0.1) is 5.41 Å². The number of rotatable bonds is 3. The molecule has 0 spiro atoms. The summed E-state index contributed by atoms with van der Waals surface area (Å²) in [7, 11) is 1.81. The molecule has 1 fully saturated rings. The summed E-state index contributed by atoms with van der Waals surface area (Å²) < 4.78 is 5.41. The minimum atomic E-state index is 0.221. The quantitative estimate of drug-likeness (QED) is 0.801. The van der Waals surface area contributed by atoms with E-state index < -0.39 is 0 Å². The second-order valence-electron chi connectivity index (χ2n) is 6.14. The van der Waals surface area contributed by atoms with Crippen molar-refractivity contribution in [1.82, 2.24) is 4.90 Å². The lowest BCUT2D eigenvalue weighted by Crippen LogP contribution is -2.56. The first-order chi connectivity index (χ1) is 7.36. The summed E-state index contributed by atoms with van der Waals surface area (Å²) in [5.41, 5.74) is 6.39. The summed E-state index contributed by atoms with van der Waals surface area (Å²) in [6.45, 7) is 11.2. The number of likely N-dealkylation sites (tertiary alicyclic amines) is 1. The molecule has 3 heteroatoms. The van der Waals surface area contributed by atoms with Crippen molar-refractivity contribution < 1.29 is 4.74 Å². The van der Waals surface area contributed by atoms with Crippen molar-refractivity contribution >= 4 is 0 Å². The fraction of sp³-hybridized carbons (Fsp3) is 1.00. The molecule has 1 aliphatic rings. The maximum absolute atomic E-state index is 6.15. The Morgan fingerprint density at radius 1 is 1.25 bits per heavy atom. The van der Waals surface area contributed by atoms with Crippen LogP contribution in [0.1, 0.15) is 40.5 Å². The lowest BCUT2D eigenvalue weighted by molar-refractivity contribution is -0.000639. The van der Waals surface area contributed by atoms with Gasteiger partial charge in [-0.1, -0.05) is 20.8 Å². The fourth-order valence-electron chi connectivity index (χ4n) is 3.06. The Morgan fingerprint density at radius 2 is 1.75 bits per heavy atom. The highest BCUT2D eigenvalue weighted by Gasteiger charge is 2.35. The number of hydrogen-bond acceptors (Lipinski definition) is 3. The molecule has 2 N–H and O–H groups in total. The molecular weight excluding hydrogens is 200 g/mol. The van der Waals surface area contributed by atoms with Crippen LogP contribution < -0.4 is 5.73 Å². The van der Waals surface area contributed by atoms with E-state index in [0.717, 1.165) is 25.9 Å². The maximum atomic E-state index is 6.15. The van der Waals surface area contributed by atoms with Crippen molar-refractivity contribution in [1.29, 1.82) is 0 Å². The first-order valence-electron chi connectivity index (χ1n) is 6.38. The molecule has 0 aromatic heterocycles. The van der Waals surface area contributed by atoms with Gasteiger partial charge in [-0.25, -0.2) is 0 Å². The van der Waals surface area contributed by atoms with Crippen LogP contribution in [0.15, 0.2) is 0 Å². The molecule has 0 amide bonds. The number of ether oxygens (including phenoxy) is 1. The van der Waals surface area contributed by atoms with Gasteiger partial charge in [-0.15, -0.1) is 0 Å². The number of nitrogens with zero attached hydrogens (tertiary/aromatic N) is 1. The minimum absolute atomic E-state index is 0.221. The van der Waals surface area contributed by atoms with Crippen LogP contribution in [-0.4, -0.2) is 43.3 Å². The molecular formula is C13H28N2O. The lowest BCUT2D eigenvalue weighted by Gasteiger charge is -2.45. The van der Waals surface area contributed by atoms with Crippen LogP contribution in [0.3, 0.4) is 0 Å². The van der Waals surface area contributed by atoms with E-state index in [1.54, 1.807) is 0 Å². The third kappa shape index (κ3) is 3.44. The molecule has 96 valence electrons. The average molecular weight is 228 g/mol. The van der Waals surface area contributed by atoms with Gasteiger partial charge in [-0.3, -0.25) is 4.90 Å². The fourth-order valence-corrected chi connectivity index (χ4v) is 3.06. The van der Waals surface area contributed by atoms with Gasteiger partial charge in [0.15, 0.2) is 0 Å². The van der Waals surface area contributed by atoms with Gasteiger partial charge in [0.05, 0.1) is 6.10 Å². The van der Waals surface area contributed by atoms with Gasteiger partial charge in [-0.05, 0) is 25.2 Å². The molecule has 1 aliphatic heterocycles. The zero-order chi connectivity index (χ0) is 12.3. The SMILES string of the molecule is COC1CCN(C(C(C)N)C(C)(C)C)CC1. The Morgan fingerprint density at radius 3 is 2.06 bits per heavy atom. The van der Waals surface area contributed by atoms with Crippen LogP contribution in [0.2, 0.25) is 0 Å². The van der Waals surface area contributed by atoms with Crippen molar-refractivity contribution in [2.24, 2.45) is 11.1 Å². The van der Waals surface area contributed by atoms with E-state index in [0.29, 0.717) is 12.1 Å². The Bertz CT molecular complexity index is 202. The second kappa shape index (κ2) is 5.48. The van der Waals surface area contributed by atoms with Crippen LogP contribution in [0.4, 0.5) is 0 Å². The van der Waals surface area contributed by atoms with Crippen molar-refractivity contribution in [2.45, 2.75) is 58.7 Å². The van der Waals surface area contributed by atoms with Crippen LogP contribution in [0.25, 0.3) is 0 Å². The molecule has 0 radical (unpaired) electrons. The van der Waals surface area contributed by atoms with Gasteiger partial charge in [0.25, 0.3) is 0 Å². The summed E-state index contributed by atoms with van der Waals surface area (Å²) >= 11 is 0. The molecule has 2 atom stereocenters. The monoisotopic (exact) mass is 228 g/mol. The first kappa shape index (κ1) is 13.9. The standard InChI is InChI=1S/C13H28N2O/c1-10(14)12(13(2,3)4)15-8-6-11(16-5)7-9-15/h10-12H,6-9,14H2,1-5H3. The van der Waals surface area contributed by atoms with Crippen molar-refractivity contribution in [3.05, 3.63) is 0 Å². The topological polar surface area (TPSA) is 38.5 Å². The van der Waals surface area contributed by atoms with Gasteiger partial charge in [0.1, 0.15) is 0 Å². The summed E-state index contributed by atoms with van der Waals surface area (Å²) in [5, 5.41) is 0. The van der Waals surface area contributed by atoms with Crippen LogP contribution in [0.5, 0.6) is 0 Å². The molecule has 2 unspecified atom stereocenters. The Balaban J connectivity index is 2.61. The molecule has 0 bridgehead atoms. The summed E-state index contributed by atoms with van der Waals surface area (Å²) in [5.74, 6) is 0. The summed E-state index contributed by atoms with van der Waals surface area (Å²) in [6.07, 6.45) is 2.72. The van der Waals surface area contributed by atoms with Gasteiger partial charge in [-0.2, -0.15) is 0 Å². The van der Waals surface area contributed by atoms with E-state index in [2.05, 4.69) is 32.6 Å². The van der Waals surface area contributed by atoms with Gasteiger partial charge in [0, 0.05) is 32.3 Å². The Hall–Kier alpha value is -0.120. The van der Waals surface area contributed by atoms with E-state index in [9.17, 15) is 0 Å². The van der Waals surface area contributed by atoms with Crippen molar-refractivity contribution in [2.75, 3.05) is 20.2 Å². The minimum Gasteiger partial charge on any atom is -0.381 e. The molecule has 0 aromatic carbocycles. The normalized spacial score (nSPS) is 24.4. The number of methoxy groups -OCH3 is 1. The largest absolute Gasteiger partial charge is 0.381 e. The van der Waals surface area contributed by atoms with Gasteiger partial charge in [0.2, 0.25) is 0 Å². The molecule has 0 aliphatic carbocycles. The van der Waals surface area contributed by atoms with E-state index in [1.807, 2.05) is 7.11 Å². The van der Waals surface area contributed by atoms with E-state index >= 15 is 0 Å². The Kier molecular flexibility index (Phi) is 4.77. The number of piperidine rings is 1. The molecule has 0 saturated carbocycles. The maximum Gasteiger partial charge on any atom is 0.0595 e. The van der Waals surface area contributed by atoms with Crippen LogP contribution in [-0.2, 0) is 4.74 Å². The molecule has 1 rings (SSSR count). The van der Waals surface area contributed by atoms with E-state index in [4.69, 9.17) is 10.5 Å². The third-order valence-corrected chi connectivity index (χ3v) is 3.59. The van der Waals surface area contributed by atoms with Crippen molar-refractivity contribution in [3.63, 3.8) is 0 Å². The molecule has 1 saturated heterocycles. The van der Waals surface area contributed by atoms with Crippen LogP contribution >= 0.6 is 0 Å². The highest BCUT2D eigenvalue weighted by atomic mass is 16.5. The second-order valence-corrected chi connectivity index (χ2v) is 6.14. The lowest BCUT2D eigenvalue weighted by atomic mass is 9.81. The highest BCUT2D eigenvalue weighted by Crippen LogP contribution is 2.29. The highest BCUT2D eigenvalue weighted by molar-refractivity contribution is 4.91. The zero-order valence-electron chi connectivity index (χ0n) is 11.5. The predicted molar refractivity (Wildman–Crippen MR) is 68.5 cm³/mol. The van der Waals surface area contributed by atoms with E-state index in [-0.39, 0.29) is 11.5 Å². The number of nitrogens with two attached hydrogens (primary N) is 1. The number of hydrogen-bond donors (Lipinski definition) is 1. The third-order valence-electron chi connectivity index (χ3n) is 3.59. The molecule has 3 nitrogen and oxygen atoms in total. The smallest absolute Gasteiger partial charge is 0.0595 e. The average Bonchev–Trinajstić information content (AvgIpc) is 2.16. The molecule has 0 aromatic rings. The Labute approximate surface area is 100 Å². The predicted octanol–water partition coefficient (Wildman–Crippen LogP) is 1.86. The van der Waals surface area contributed by atoms with E-state index in [1.165, 1.54) is 0 Å². The molecule has 16 heavy (non-hydrogen) atoms. The van der Waals surface area contributed by atoms with Gasteiger partial charge < -0.3 is 10.5 Å².